The zero-order chi connectivity index (χ0) is 15.1. The molecular weight excluding hydrogens is 272 g/mol. The lowest BCUT2D eigenvalue weighted by atomic mass is 9.95. The zero-order valence-corrected chi connectivity index (χ0v) is 13.5. The first kappa shape index (κ1) is 17.4. The second-order valence-corrected chi connectivity index (χ2v) is 5.85. The Balaban J connectivity index is 3.12. The van der Waals surface area contributed by atoms with Crippen molar-refractivity contribution in [2.75, 3.05) is 13.2 Å². The van der Waals surface area contributed by atoms with E-state index in [1.54, 1.807) is 0 Å². The van der Waals surface area contributed by atoms with Crippen LogP contribution in [0.3, 0.4) is 0 Å². The van der Waals surface area contributed by atoms with Crippen molar-refractivity contribution in [1.82, 2.24) is 4.90 Å². The van der Waals surface area contributed by atoms with Crippen LogP contribution in [0.5, 0.6) is 0 Å². The number of halogens is 1. The van der Waals surface area contributed by atoms with Crippen molar-refractivity contribution in [2.45, 2.75) is 51.7 Å². The first-order valence-corrected chi connectivity index (χ1v) is 7.77. The van der Waals surface area contributed by atoms with Gasteiger partial charge in [0.05, 0.1) is 6.04 Å². The molecule has 1 aromatic rings. The predicted molar refractivity (Wildman–Crippen MR) is 86.0 cm³/mol. The lowest BCUT2D eigenvalue weighted by Gasteiger charge is -2.39. The molecule has 4 heteroatoms. The molecule has 0 heterocycles. The smallest absolute Gasteiger partial charge is 0.0516 e. The van der Waals surface area contributed by atoms with Crippen LogP contribution in [-0.2, 0) is 0 Å². The van der Waals surface area contributed by atoms with Gasteiger partial charge in [0.2, 0.25) is 0 Å². The van der Waals surface area contributed by atoms with Gasteiger partial charge in [-0.1, -0.05) is 36.7 Å². The van der Waals surface area contributed by atoms with Gasteiger partial charge in [-0.25, -0.2) is 0 Å². The fourth-order valence-corrected chi connectivity index (χ4v) is 2.81. The molecule has 3 nitrogen and oxygen atoms in total. The van der Waals surface area contributed by atoms with E-state index in [0.717, 1.165) is 30.0 Å². The minimum absolute atomic E-state index is 0.0241. The quantitative estimate of drug-likeness (QED) is 0.775. The summed E-state index contributed by atoms with van der Waals surface area (Å²) in [4.78, 5) is 2.34. The Kier molecular flexibility index (Phi) is 7.52. The second-order valence-electron chi connectivity index (χ2n) is 5.45. The van der Waals surface area contributed by atoms with E-state index >= 15 is 0 Å². The Bertz CT molecular complexity index is 398. The van der Waals surface area contributed by atoms with Gasteiger partial charge in [0, 0.05) is 30.3 Å². The zero-order valence-electron chi connectivity index (χ0n) is 12.7. The maximum absolute atomic E-state index is 9.12. The van der Waals surface area contributed by atoms with E-state index in [1.807, 2.05) is 18.2 Å². The summed E-state index contributed by atoms with van der Waals surface area (Å²) in [5.74, 6) is 0. The highest BCUT2D eigenvalue weighted by atomic mass is 35.5. The van der Waals surface area contributed by atoms with Crippen LogP contribution in [0.15, 0.2) is 24.3 Å². The molecule has 0 bridgehead atoms. The molecule has 0 aromatic heterocycles. The van der Waals surface area contributed by atoms with Crippen molar-refractivity contribution in [3.8, 4) is 0 Å². The minimum Gasteiger partial charge on any atom is -0.396 e. The molecule has 0 fully saturated rings. The summed E-state index contributed by atoms with van der Waals surface area (Å²) < 4.78 is 0. The van der Waals surface area contributed by atoms with Crippen LogP contribution < -0.4 is 5.73 Å². The Morgan fingerprint density at radius 3 is 2.45 bits per heavy atom. The summed E-state index contributed by atoms with van der Waals surface area (Å²) in [7, 11) is 0. The van der Waals surface area contributed by atoms with Crippen LogP contribution in [0, 0.1) is 0 Å². The number of hydrogen-bond donors (Lipinski definition) is 2. The molecule has 0 radical (unpaired) electrons. The average molecular weight is 299 g/mol. The van der Waals surface area contributed by atoms with E-state index in [1.165, 1.54) is 0 Å². The SMILES string of the molecule is CCC(N)C(c1ccccc1Cl)N(CCCO)C(C)C. The van der Waals surface area contributed by atoms with Gasteiger partial charge in [-0.2, -0.15) is 0 Å². The van der Waals surface area contributed by atoms with Crippen LogP contribution in [0.1, 0.15) is 45.2 Å². The molecule has 0 spiro atoms. The van der Waals surface area contributed by atoms with Gasteiger partial charge in [0.25, 0.3) is 0 Å². The number of nitrogens with two attached hydrogens (primary N) is 1. The third-order valence-corrected chi connectivity index (χ3v) is 4.04. The molecule has 3 N–H and O–H groups in total. The fraction of sp³-hybridized carbons (Fsp3) is 0.625. The van der Waals surface area contributed by atoms with Crippen molar-refractivity contribution in [3.05, 3.63) is 34.9 Å². The Morgan fingerprint density at radius 2 is 1.95 bits per heavy atom. The van der Waals surface area contributed by atoms with Crippen molar-refractivity contribution in [2.24, 2.45) is 5.73 Å². The van der Waals surface area contributed by atoms with Crippen LogP contribution >= 0.6 is 11.6 Å². The van der Waals surface area contributed by atoms with Gasteiger partial charge in [-0.15, -0.1) is 0 Å². The standard InChI is InChI=1S/C16H27ClN2O/c1-4-15(18)16(13-8-5-6-9-14(13)17)19(12(2)3)10-7-11-20/h5-6,8-9,12,15-16,20H,4,7,10-11,18H2,1-3H3. The molecule has 0 aliphatic heterocycles. The number of aliphatic hydroxyl groups excluding tert-OH is 1. The maximum Gasteiger partial charge on any atom is 0.0516 e. The minimum atomic E-state index is 0.0241. The van der Waals surface area contributed by atoms with E-state index in [4.69, 9.17) is 22.4 Å². The van der Waals surface area contributed by atoms with E-state index in [0.29, 0.717) is 6.04 Å². The Morgan fingerprint density at radius 1 is 1.30 bits per heavy atom. The normalized spacial score (nSPS) is 14.8. The molecule has 0 amide bonds. The molecule has 2 atom stereocenters. The average Bonchev–Trinajstić information content (AvgIpc) is 2.43. The van der Waals surface area contributed by atoms with Gasteiger partial charge in [0.1, 0.15) is 0 Å². The van der Waals surface area contributed by atoms with Crippen LogP contribution in [0.25, 0.3) is 0 Å². The first-order valence-electron chi connectivity index (χ1n) is 7.39. The highest BCUT2D eigenvalue weighted by molar-refractivity contribution is 6.31. The van der Waals surface area contributed by atoms with Crippen LogP contribution in [0.2, 0.25) is 5.02 Å². The van der Waals surface area contributed by atoms with Crippen molar-refractivity contribution < 1.29 is 5.11 Å². The van der Waals surface area contributed by atoms with E-state index in [9.17, 15) is 0 Å². The van der Waals surface area contributed by atoms with Crippen LogP contribution in [-0.4, -0.2) is 35.2 Å². The van der Waals surface area contributed by atoms with Crippen molar-refractivity contribution >= 4 is 11.6 Å². The Labute approximate surface area is 127 Å². The highest BCUT2D eigenvalue weighted by Crippen LogP contribution is 2.32. The molecule has 20 heavy (non-hydrogen) atoms. The van der Waals surface area contributed by atoms with Gasteiger partial charge >= 0.3 is 0 Å². The van der Waals surface area contributed by atoms with Gasteiger partial charge in [-0.05, 0) is 38.3 Å². The topological polar surface area (TPSA) is 49.5 Å². The second kappa shape index (κ2) is 8.63. The molecule has 0 saturated heterocycles. The summed E-state index contributed by atoms with van der Waals surface area (Å²) in [6.07, 6.45) is 1.63. The van der Waals surface area contributed by atoms with Crippen molar-refractivity contribution in [1.29, 1.82) is 0 Å². The molecule has 0 saturated carbocycles. The van der Waals surface area contributed by atoms with Crippen LogP contribution in [0.4, 0.5) is 0 Å². The first-order chi connectivity index (χ1) is 9.52. The molecule has 0 aliphatic carbocycles. The molecule has 1 rings (SSSR count). The lowest BCUT2D eigenvalue weighted by molar-refractivity contribution is 0.118. The summed E-state index contributed by atoms with van der Waals surface area (Å²) >= 11 is 6.37. The summed E-state index contributed by atoms with van der Waals surface area (Å²) in [5, 5.41) is 9.88. The molecule has 1 aromatic carbocycles. The van der Waals surface area contributed by atoms with E-state index < -0.39 is 0 Å². The molecule has 0 aliphatic rings. The number of benzene rings is 1. The largest absolute Gasteiger partial charge is 0.396 e. The van der Waals surface area contributed by atoms with Gasteiger partial charge in [0.15, 0.2) is 0 Å². The number of rotatable bonds is 8. The van der Waals surface area contributed by atoms with E-state index in [-0.39, 0.29) is 18.7 Å². The molecule has 2 unspecified atom stereocenters. The molecule has 114 valence electrons. The number of nitrogens with zero attached hydrogens (tertiary/aromatic N) is 1. The Hall–Kier alpha value is -0.610. The van der Waals surface area contributed by atoms with Gasteiger partial charge in [-0.3, -0.25) is 4.90 Å². The van der Waals surface area contributed by atoms with Crippen molar-refractivity contribution in [3.63, 3.8) is 0 Å². The lowest BCUT2D eigenvalue weighted by Crippen LogP contribution is -2.45. The summed E-state index contributed by atoms with van der Waals surface area (Å²) in [6, 6.07) is 8.36. The highest BCUT2D eigenvalue weighted by Gasteiger charge is 2.28. The maximum atomic E-state index is 9.12. The summed E-state index contributed by atoms with van der Waals surface area (Å²) in [6.45, 7) is 7.42. The number of aliphatic hydroxyl groups is 1. The fourth-order valence-electron chi connectivity index (χ4n) is 2.57. The third-order valence-electron chi connectivity index (χ3n) is 3.70. The third kappa shape index (κ3) is 4.45. The predicted octanol–water partition coefficient (Wildman–Crippen LogP) is 3.21. The summed E-state index contributed by atoms with van der Waals surface area (Å²) in [5.41, 5.74) is 7.44. The molecular formula is C16H27ClN2O. The number of hydrogen-bond acceptors (Lipinski definition) is 3. The van der Waals surface area contributed by atoms with E-state index in [2.05, 4.69) is 31.7 Å². The van der Waals surface area contributed by atoms with Gasteiger partial charge < -0.3 is 10.8 Å². The monoisotopic (exact) mass is 298 g/mol.